The van der Waals surface area contributed by atoms with Crippen LogP contribution in [0.2, 0.25) is 0 Å². The predicted octanol–water partition coefficient (Wildman–Crippen LogP) is 3.76. The molecule has 1 amide bonds. The number of carbonyl (C=O) groups excluding carboxylic acids is 2. The van der Waals surface area contributed by atoms with E-state index in [9.17, 15) is 9.59 Å². The van der Waals surface area contributed by atoms with Gasteiger partial charge in [0.2, 0.25) is 0 Å². The van der Waals surface area contributed by atoms with Crippen LogP contribution in [0.5, 0.6) is 5.75 Å². The SMILES string of the molecule is CCOc1ccc(NC(=O)C(C)OC(=O)c2cn(C)c3ccccc23)cc1. The summed E-state index contributed by atoms with van der Waals surface area (Å²) in [5.41, 5.74) is 1.97. The van der Waals surface area contributed by atoms with Gasteiger partial charge in [0.1, 0.15) is 5.75 Å². The summed E-state index contributed by atoms with van der Waals surface area (Å²) in [5.74, 6) is -0.195. The van der Waals surface area contributed by atoms with Gasteiger partial charge in [-0.1, -0.05) is 18.2 Å². The number of fused-ring (bicyclic) bond motifs is 1. The fourth-order valence-electron chi connectivity index (χ4n) is 2.83. The Hall–Kier alpha value is -3.28. The number of benzene rings is 2. The zero-order valence-electron chi connectivity index (χ0n) is 15.6. The van der Waals surface area contributed by atoms with Gasteiger partial charge in [-0.2, -0.15) is 0 Å². The lowest BCUT2D eigenvalue weighted by Crippen LogP contribution is -2.29. The maximum Gasteiger partial charge on any atom is 0.341 e. The van der Waals surface area contributed by atoms with Crippen molar-refractivity contribution in [1.29, 1.82) is 0 Å². The average molecular weight is 366 g/mol. The normalized spacial score (nSPS) is 11.8. The quantitative estimate of drug-likeness (QED) is 0.675. The molecule has 1 atom stereocenters. The van der Waals surface area contributed by atoms with E-state index in [1.165, 1.54) is 0 Å². The molecule has 0 saturated carbocycles. The fraction of sp³-hybridized carbons (Fsp3) is 0.238. The van der Waals surface area contributed by atoms with Gasteiger partial charge in [0.05, 0.1) is 12.2 Å². The summed E-state index contributed by atoms with van der Waals surface area (Å²) < 4.78 is 12.6. The largest absolute Gasteiger partial charge is 0.494 e. The van der Waals surface area contributed by atoms with E-state index in [0.29, 0.717) is 17.9 Å². The van der Waals surface area contributed by atoms with Crippen molar-refractivity contribution in [1.82, 2.24) is 4.57 Å². The lowest BCUT2D eigenvalue weighted by molar-refractivity contribution is -0.123. The maximum atomic E-state index is 12.5. The number of anilines is 1. The van der Waals surface area contributed by atoms with Crippen molar-refractivity contribution < 1.29 is 19.1 Å². The number of esters is 1. The molecule has 1 aromatic heterocycles. The molecule has 27 heavy (non-hydrogen) atoms. The van der Waals surface area contributed by atoms with Gasteiger partial charge in [-0.3, -0.25) is 4.79 Å². The molecular formula is C21H22N2O4. The standard InChI is InChI=1S/C21H22N2O4/c1-4-26-16-11-9-15(10-12-16)22-20(24)14(2)27-21(25)18-13-23(3)19-8-6-5-7-17(18)19/h5-14H,4H2,1-3H3,(H,22,24). The molecule has 0 spiro atoms. The molecule has 0 bridgehead atoms. The number of amides is 1. The maximum absolute atomic E-state index is 12.5. The third-order valence-corrected chi connectivity index (χ3v) is 4.20. The lowest BCUT2D eigenvalue weighted by Gasteiger charge is -2.13. The third kappa shape index (κ3) is 4.11. The van der Waals surface area contributed by atoms with Gasteiger partial charge in [-0.15, -0.1) is 0 Å². The first-order valence-electron chi connectivity index (χ1n) is 8.78. The topological polar surface area (TPSA) is 69.6 Å². The zero-order chi connectivity index (χ0) is 19.4. The number of ether oxygens (including phenoxy) is 2. The minimum atomic E-state index is -0.928. The summed E-state index contributed by atoms with van der Waals surface area (Å²) in [6.45, 7) is 4.03. The number of rotatable bonds is 6. The molecule has 2 aromatic carbocycles. The fourth-order valence-corrected chi connectivity index (χ4v) is 2.83. The Bertz CT molecular complexity index is 960. The number of hydrogen-bond donors (Lipinski definition) is 1. The molecule has 0 saturated heterocycles. The highest BCUT2D eigenvalue weighted by Crippen LogP contribution is 2.22. The smallest absolute Gasteiger partial charge is 0.341 e. The van der Waals surface area contributed by atoms with Gasteiger partial charge in [-0.05, 0) is 44.2 Å². The van der Waals surface area contributed by atoms with Gasteiger partial charge >= 0.3 is 5.97 Å². The predicted molar refractivity (Wildman–Crippen MR) is 104 cm³/mol. The van der Waals surface area contributed by atoms with Crippen molar-refractivity contribution in [2.24, 2.45) is 7.05 Å². The highest BCUT2D eigenvalue weighted by molar-refractivity contribution is 6.05. The van der Waals surface area contributed by atoms with Gasteiger partial charge in [0.25, 0.3) is 5.91 Å². The van der Waals surface area contributed by atoms with Crippen LogP contribution >= 0.6 is 0 Å². The second-order valence-electron chi connectivity index (χ2n) is 6.17. The van der Waals surface area contributed by atoms with Crippen LogP contribution in [0.3, 0.4) is 0 Å². The minimum absolute atomic E-state index is 0.396. The van der Waals surface area contributed by atoms with Crippen LogP contribution in [0.1, 0.15) is 24.2 Å². The molecule has 3 aromatic rings. The molecule has 0 radical (unpaired) electrons. The first-order valence-corrected chi connectivity index (χ1v) is 8.78. The lowest BCUT2D eigenvalue weighted by atomic mass is 10.2. The van der Waals surface area contributed by atoms with Crippen LogP contribution in [0.25, 0.3) is 10.9 Å². The summed E-state index contributed by atoms with van der Waals surface area (Å²) in [6, 6.07) is 14.6. The molecule has 1 N–H and O–H groups in total. The Balaban J connectivity index is 1.66. The molecule has 0 aliphatic heterocycles. The zero-order valence-corrected chi connectivity index (χ0v) is 15.6. The van der Waals surface area contributed by atoms with Crippen LogP contribution < -0.4 is 10.1 Å². The molecule has 140 valence electrons. The van der Waals surface area contributed by atoms with Gasteiger partial charge < -0.3 is 19.4 Å². The van der Waals surface area contributed by atoms with Crippen LogP contribution in [0, 0.1) is 0 Å². The van der Waals surface area contributed by atoms with Crippen molar-refractivity contribution >= 4 is 28.5 Å². The van der Waals surface area contributed by atoms with E-state index in [1.54, 1.807) is 37.4 Å². The second kappa shape index (κ2) is 7.95. The summed E-state index contributed by atoms with van der Waals surface area (Å²) in [4.78, 5) is 24.9. The Morgan fingerprint density at radius 1 is 1.11 bits per heavy atom. The molecule has 0 aliphatic carbocycles. The number of aryl methyl sites for hydroxylation is 1. The highest BCUT2D eigenvalue weighted by atomic mass is 16.5. The van der Waals surface area contributed by atoms with E-state index in [1.807, 2.05) is 42.8 Å². The Morgan fingerprint density at radius 3 is 2.52 bits per heavy atom. The minimum Gasteiger partial charge on any atom is -0.494 e. The third-order valence-electron chi connectivity index (χ3n) is 4.20. The number of para-hydroxylation sites is 1. The van der Waals surface area contributed by atoms with Gasteiger partial charge in [-0.25, -0.2) is 4.79 Å². The first-order chi connectivity index (χ1) is 13.0. The molecule has 0 fully saturated rings. The number of carbonyl (C=O) groups is 2. The Kier molecular flexibility index (Phi) is 5.45. The average Bonchev–Trinajstić information content (AvgIpc) is 3.01. The van der Waals surface area contributed by atoms with Crippen LogP contribution in [-0.4, -0.2) is 29.2 Å². The number of hydrogen-bond acceptors (Lipinski definition) is 4. The van der Waals surface area contributed by atoms with Crippen molar-refractivity contribution in [3.8, 4) is 5.75 Å². The van der Waals surface area contributed by atoms with Crippen LogP contribution in [0.4, 0.5) is 5.69 Å². The summed E-state index contributed by atoms with van der Waals surface area (Å²) >= 11 is 0. The highest BCUT2D eigenvalue weighted by Gasteiger charge is 2.21. The molecular weight excluding hydrogens is 344 g/mol. The van der Waals surface area contributed by atoms with Gasteiger partial charge in [0.15, 0.2) is 6.10 Å². The van der Waals surface area contributed by atoms with E-state index in [4.69, 9.17) is 9.47 Å². The van der Waals surface area contributed by atoms with Crippen molar-refractivity contribution in [3.63, 3.8) is 0 Å². The van der Waals surface area contributed by atoms with Crippen molar-refractivity contribution in [2.75, 3.05) is 11.9 Å². The summed E-state index contributed by atoms with van der Waals surface area (Å²) in [6.07, 6.45) is 0.785. The molecule has 1 heterocycles. The van der Waals surface area contributed by atoms with E-state index >= 15 is 0 Å². The van der Waals surface area contributed by atoms with Crippen LogP contribution in [-0.2, 0) is 16.6 Å². The molecule has 1 unspecified atom stereocenters. The number of nitrogens with one attached hydrogen (secondary N) is 1. The molecule has 3 rings (SSSR count). The second-order valence-corrected chi connectivity index (χ2v) is 6.17. The first kappa shape index (κ1) is 18.5. The Labute approximate surface area is 157 Å². The van der Waals surface area contributed by atoms with Crippen molar-refractivity contribution in [3.05, 3.63) is 60.3 Å². The monoisotopic (exact) mass is 366 g/mol. The van der Waals surface area contributed by atoms with E-state index < -0.39 is 18.0 Å². The summed E-state index contributed by atoms with van der Waals surface area (Å²) in [5, 5.41) is 3.53. The Morgan fingerprint density at radius 2 is 1.81 bits per heavy atom. The van der Waals surface area contributed by atoms with Crippen LogP contribution in [0.15, 0.2) is 54.7 Å². The van der Waals surface area contributed by atoms with Gasteiger partial charge in [0, 0.05) is 29.8 Å². The van der Waals surface area contributed by atoms with Crippen molar-refractivity contribution in [2.45, 2.75) is 20.0 Å². The summed E-state index contributed by atoms with van der Waals surface area (Å²) in [7, 11) is 1.86. The molecule has 0 aliphatic rings. The van der Waals surface area contributed by atoms with E-state index in [0.717, 1.165) is 16.7 Å². The molecule has 6 heteroatoms. The number of nitrogens with zero attached hydrogens (tertiary/aromatic N) is 1. The van der Waals surface area contributed by atoms with E-state index in [2.05, 4.69) is 5.32 Å². The molecule has 6 nitrogen and oxygen atoms in total. The van der Waals surface area contributed by atoms with E-state index in [-0.39, 0.29) is 0 Å². The number of aromatic nitrogens is 1.